The van der Waals surface area contributed by atoms with Crippen LogP contribution in [0.4, 0.5) is 4.39 Å². The molecule has 1 aromatic carbocycles. The molecule has 0 saturated carbocycles. The van der Waals surface area contributed by atoms with E-state index in [4.69, 9.17) is 22.1 Å². The molecule has 4 heteroatoms. The van der Waals surface area contributed by atoms with Gasteiger partial charge in [0.1, 0.15) is 6.61 Å². The van der Waals surface area contributed by atoms with Crippen LogP contribution in [0.15, 0.2) is 12.1 Å². The molecule has 0 bridgehead atoms. The van der Waals surface area contributed by atoms with E-state index in [1.165, 1.54) is 6.07 Å². The third-order valence-corrected chi connectivity index (χ3v) is 2.81. The van der Waals surface area contributed by atoms with E-state index in [2.05, 4.69) is 0 Å². The fourth-order valence-electron chi connectivity index (χ4n) is 1.63. The summed E-state index contributed by atoms with van der Waals surface area (Å²) in [6.45, 7) is 2.30. The van der Waals surface area contributed by atoms with Gasteiger partial charge < -0.3 is 10.5 Å². The zero-order chi connectivity index (χ0) is 10.3. The molecule has 0 aromatic heterocycles. The topological polar surface area (TPSA) is 35.2 Å². The predicted octanol–water partition coefficient (Wildman–Crippen LogP) is 2.30. The van der Waals surface area contributed by atoms with Crippen molar-refractivity contribution in [2.45, 2.75) is 18.9 Å². The lowest BCUT2D eigenvalue weighted by Gasteiger charge is -2.29. The number of halogens is 2. The number of hydrogen-bond donors (Lipinski definition) is 1. The molecule has 0 radical (unpaired) electrons. The number of fused-ring (bicyclic) bond motifs is 1. The van der Waals surface area contributed by atoms with Crippen molar-refractivity contribution in [3.8, 4) is 5.75 Å². The Kier molecular flexibility index (Phi) is 2.37. The minimum absolute atomic E-state index is 0.0759. The van der Waals surface area contributed by atoms with E-state index in [0.29, 0.717) is 17.4 Å². The summed E-state index contributed by atoms with van der Waals surface area (Å²) in [5.74, 6) is -0.0400. The van der Waals surface area contributed by atoms with Gasteiger partial charge >= 0.3 is 0 Å². The largest absolute Gasteiger partial charge is 0.489 e. The van der Waals surface area contributed by atoms with Crippen molar-refractivity contribution in [2.24, 2.45) is 5.73 Å². The molecule has 2 rings (SSSR count). The van der Waals surface area contributed by atoms with Crippen LogP contribution in [0.25, 0.3) is 0 Å². The van der Waals surface area contributed by atoms with Gasteiger partial charge in [-0.1, -0.05) is 18.5 Å². The molecule has 0 spiro atoms. The third kappa shape index (κ3) is 1.47. The van der Waals surface area contributed by atoms with Crippen molar-refractivity contribution in [1.82, 2.24) is 0 Å². The average molecular weight is 216 g/mol. The van der Waals surface area contributed by atoms with Crippen molar-refractivity contribution in [2.75, 3.05) is 6.61 Å². The van der Waals surface area contributed by atoms with Crippen molar-refractivity contribution < 1.29 is 9.13 Å². The van der Waals surface area contributed by atoms with Crippen LogP contribution >= 0.6 is 11.6 Å². The van der Waals surface area contributed by atoms with Crippen LogP contribution in [0, 0.1) is 5.82 Å². The first-order chi connectivity index (χ1) is 6.59. The maximum absolute atomic E-state index is 13.4. The zero-order valence-electron chi connectivity index (χ0n) is 7.76. The van der Waals surface area contributed by atoms with E-state index in [-0.39, 0.29) is 12.0 Å². The van der Waals surface area contributed by atoms with Gasteiger partial charge in [0.25, 0.3) is 0 Å². The van der Waals surface area contributed by atoms with Gasteiger partial charge in [-0.2, -0.15) is 0 Å². The normalized spacial score (nSPS) is 25.4. The monoisotopic (exact) mass is 215 g/mol. The van der Waals surface area contributed by atoms with Crippen LogP contribution in [0.1, 0.15) is 18.4 Å². The van der Waals surface area contributed by atoms with Gasteiger partial charge in [0.05, 0.1) is 0 Å². The molecule has 1 aliphatic rings. The van der Waals surface area contributed by atoms with E-state index in [9.17, 15) is 4.39 Å². The van der Waals surface area contributed by atoms with Crippen LogP contribution in [0.5, 0.6) is 5.75 Å². The first-order valence-corrected chi connectivity index (χ1v) is 4.84. The molecule has 0 amide bonds. The first kappa shape index (κ1) is 9.74. The highest BCUT2D eigenvalue weighted by atomic mass is 35.5. The molecular formula is C10H11ClFNO. The second kappa shape index (κ2) is 3.41. The number of nitrogens with two attached hydrogens (primary N) is 1. The molecule has 2 nitrogen and oxygen atoms in total. The Balaban J connectivity index is 2.54. The standard InChI is InChI=1S/C10H11ClFNO/c1-5-7-2-6(11)3-8(12)10(7)14-4-9(5)13/h2-3,5,9H,4,13H2,1H3. The molecule has 14 heavy (non-hydrogen) atoms. The third-order valence-electron chi connectivity index (χ3n) is 2.59. The van der Waals surface area contributed by atoms with E-state index >= 15 is 0 Å². The van der Waals surface area contributed by atoms with Crippen molar-refractivity contribution in [3.05, 3.63) is 28.5 Å². The van der Waals surface area contributed by atoms with Crippen molar-refractivity contribution >= 4 is 11.6 Å². The van der Waals surface area contributed by atoms with Crippen LogP contribution in [-0.2, 0) is 0 Å². The quantitative estimate of drug-likeness (QED) is 0.721. The molecule has 76 valence electrons. The molecule has 0 aliphatic carbocycles. The lowest BCUT2D eigenvalue weighted by Crippen LogP contribution is -2.37. The zero-order valence-corrected chi connectivity index (χ0v) is 8.51. The second-order valence-electron chi connectivity index (χ2n) is 3.57. The summed E-state index contributed by atoms with van der Waals surface area (Å²) in [5.41, 5.74) is 6.56. The lowest BCUT2D eigenvalue weighted by atomic mass is 9.91. The predicted molar refractivity (Wildman–Crippen MR) is 53.3 cm³/mol. The minimum Gasteiger partial charge on any atom is -0.489 e. The van der Waals surface area contributed by atoms with Gasteiger partial charge in [0.15, 0.2) is 11.6 Å². The number of benzene rings is 1. The molecule has 0 fully saturated rings. The fraction of sp³-hybridized carbons (Fsp3) is 0.400. The number of hydrogen-bond acceptors (Lipinski definition) is 2. The van der Waals surface area contributed by atoms with Gasteiger partial charge in [0.2, 0.25) is 0 Å². The van der Waals surface area contributed by atoms with Crippen LogP contribution in [0.2, 0.25) is 5.02 Å². The average Bonchev–Trinajstić information content (AvgIpc) is 2.12. The van der Waals surface area contributed by atoms with Gasteiger partial charge in [0, 0.05) is 22.5 Å². The molecule has 2 unspecified atom stereocenters. The summed E-state index contributed by atoms with van der Waals surface area (Å²) in [4.78, 5) is 0. The Labute approximate surface area is 86.8 Å². The summed E-state index contributed by atoms with van der Waals surface area (Å²) >= 11 is 5.76. The maximum Gasteiger partial charge on any atom is 0.166 e. The van der Waals surface area contributed by atoms with Crippen LogP contribution in [-0.4, -0.2) is 12.6 Å². The van der Waals surface area contributed by atoms with Crippen LogP contribution < -0.4 is 10.5 Å². The maximum atomic E-state index is 13.4. The highest BCUT2D eigenvalue weighted by molar-refractivity contribution is 6.30. The summed E-state index contributed by atoms with van der Waals surface area (Å²) < 4.78 is 18.6. The molecule has 1 aromatic rings. The number of rotatable bonds is 0. The highest BCUT2D eigenvalue weighted by Crippen LogP contribution is 2.36. The Morgan fingerprint density at radius 1 is 1.57 bits per heavy atom. The molecule has 1 heterocycles. The Hall–Kier alpha value is -0.800. The highest BCUT2D eigenvalue weighted by Gasteiger charge is 2.27. The van der Waals surface area contributed by atoms with E-state index < -0.39 is 5.82 Å². The molecule has 2 N–H and O–H groups in total. The summed E-state index contributed by atoms with van der Waals surface area (Å²) in [5, 5.41) is 0.380. The second-order valence-corrected chi connectivity index (χ2v) is 4.01. The van der Waals surface area contributed by atoms with E-state index in [1.807, 2.05) is 6.92 Å². The molecule has 0 saturated heterocycles. The van der Waals surface area contributed by atoms with E-state index in [1.54, 1.807) is 6.07 Å². The molecular weight excluding hydrogens is 205 g/mol. The minimum atomic E-state index is -0.411. The smallest absolute Gasteiger partial charge is 0.166 e. The Morgan fingerprint density at radius 3 is 3.00 bits per heavy atom. The summed E-state index contributed by atoms with van der Waals surface area (Å²) in [7, 11) is 0. The van der Waals surface area contributed by atoms with E-state index in [0.717, 1.165) is 5.56 Å². The van der Waals surface area contributed by atoms with Crippen molar-refractivity contribution in [3.63, 3.8) is 0 Å². The lowest BCUT2D eigenvalue weighted by molar-refractivity contribution is 0.233. The molecule has 2 atom stereocenters. The van der Waals surface area contributed by atoms with Gasteiger partial charge in [-0.3, -0.25) is 0 Å². The summed E-state index contributed by atoms with van der Waals surface area (Å²) in [6.07, 6.45) is 0. The fourth-order valence-corrected chi connectivity index (χ4v) is 1.84. The van der Waals surface area contributed by atoms with Gasteiger partial charge in [-0.25, -0.2) is 4.39 Å². The van der Waals surface area contributed by atoms with Crippen molar-refractivity contribution in [1.29, 1.82) is 0 Å². The summed E-state index contributed by atoms with van der Waals surface area (Å²) in [6, 6.07) is 2.87. The SMILES string of the molecule is CC1c2cc(Cl)cc(F)c2OCC1N. The Morgan fingerprint density at radius 2 is 2.29 bits per heavy atom. The van der Waals surface area contributed by atoms with Gasteiger partial charge in [-0.15, -0.1) is 0 Å². The molecule has 1 aliphatic heterocycles. The first-order valence-electron chi connectivity index (χ1n) is 4.47. The van der Waals surface area contributed by atoms with Crippen LogP contribution in [0.3, 0.4) is 0 Å². The Bertz CT molecular complexity index is 369. The number of ether oxygens (including phenoxy) is 1. The van der Waals surface area contributed by atoms with Gasteiger partial charge in [-0.05, 0) is 12.1 Å².